The minimum atomic E-state index is 0.00796. The molecule has 0 saturated carbocycles. The fraction of sp³-hybridized carbons (Fsp3) is 0.667. The Hall–Kier alpha value is -1.40. The van der Waals surface area contributed by atoms with Crippen LogP contribution in [0.2, 0.25) is 0 Å². The molecular weight excluding hydrogens is 232 g/mol. The van der Waals surface area contributed by atoms with E-state index in [-0.39, 0.29) is 12.0 Å². The van der Waals surface area contributed by atoms with E-state index in [1.807, 2.05) is 19.3 Å². The van der Waals surface area contributed by atoms with Crippen molar-refractivity contribution < 1.29 is 9.53 Å². The van der Waals surface area contributed by atoms with Crippen molar-refractivity contribution >= 4 is 5.91 Å². The molecule has 0 spiro atoms. The van der Waals surface area contributed by atoms with Crippen molar-refractivity contribution in [3.63, 3.8) is 0 Å². The summed E-state index contributed by atoms with van der Waals surface area (Å²) in [7, 11) is 1.88. The largest absolute Gasteiger partial charge is 0.375 e. The van der Waals surface area contributed by atoms with Gasteiger partial charge in [0.25, 0.3) is 0 Å². The maximum absolute atomic E-state index is 11.7. The van der Waals surface area contributed by atoms with Gasteiger partial charge in [0.05, 0.1) is 24.8 Å². The molecule has 0 bridgehead atoms. The van der Waals surface area contributed by atoms with E-state index in [9.17, 15) is 4.79 Å². The van der Waals surface area contributed by atoms with Crippen LogP contribution in [0.15, 0.2) is 12.3 Å². The highest BCUT2D eigenvalue weighted by Crippen LogP contribution is 2.01. The molecule has 100 valence electrons. The Labute approximate surface area is 107 Å². The Kier molecular flexibility index (Phi) is 4.72. The van der Waals surface area contributed by atoms with Crippen LogP contribution in [0.25, 0.3) is 0 Å². The van der Waals surface area contributed by atoms with Gasteiger partial charge in [-0.2, -0.15) is 5.10 Å². The van der Waals surface area contributed by atoms with Crippen molar-refractivity contribution in [3.05, 3.63) is 18.0 Å². The molecule has 0 aliphatic carbocycles. The van der Waals surface area contributed by atoms with Crippen molar-refractivity contribution in [2.45, 2.75) is 18.9 Å². The molecule has 1 aromatic rings. The smallest absolute Gasteiger partial charge is 0.222 e. The van der Waals surface area contributed by atoms with E-state index >= 15 is 0 Å². The molecule has 6 nitrogen and oxygen atoms in total. The Morgan fingerprint density at radius 3 is 3.28 bits per heavy atom. The molecule has 0 aromatic carbocycles. The number of amides is 1. The summed E-state index contributed by atoms with van der Waals surface area (Å²) in [5, 5.41) is 10.4. The van der Waals surface area contributed by atoms with Gasteiger partial charge in [-0.05, 0) is 6.07 Å². The highest BCUT2D eigenvalue weighted by atomic mass is 16.5. The second kappa shape index (κ2) is 6.51. The molecule has 1 aromatic heterocycles. The van der Waals surface area contributed by atoms with Gasteiger partial charge < -0.3 is 15.4 Å². The first-order valence-electron chi connectivity index (χ1n) is 6.31. The summed E-state index contributed by atoms with van der Waals surface area (Å²) in [4.78, 5) is 11.7. The summed E-state index contributed by atoms with van der Waals surface area (Å²) in [6.07, 6.45) is 3.10. The van der Waals surface area contributed by atoms with Gasteiger partial charge in [-0.1, -0.05) is 0 Å². The number of hydrogen-bond acceptors (Lipinski definition) is 4. The fourth-order valence-electron chi connectivity index (χ4n) is 1.96. The molecule has 1 aliphatic rings. The molecule has 2 N–H and O–H groups in total. The molecule has 1 fully saturated rings. The summed E-state index contributed by atoms with van der Waals surface area (Å²) in [5.41, 5.74) is 0.994. The van der Waals surface area contributed by atoms with E-state index in [1.54, 1.807) is 4.68 Å². The first-order chi connectivity index (χ1) is 8.74. The number of aryl methyl sites for hydroxylation is 1. The first-order valence-corrected chi connectivity index (χ1v) is 6.31. The van der Waals surface area contributed by atoms with Crippen LogP contribution in [-0.4, -0.2) is 48.0 Å². The van der Waals surface area contributed by atoms with E-state index in [1.165, 1.54) is 0 Å². The van der Waals surface area contributed by atoms with Gasteiger partial charge in [0.2, 0.25) is 5.91 Å². The number of carbonyl (C=O) groups is 1. The summed E-state index contributed by atoms with van der Waals surface area (Å²) in [6.45, 7) is 2.94. The number of ether oxygens (including phenoxy) is 1. The molecule has 1 amide bonds. The minimum absolute atomic E-state index is 0.00796. The average Bonchev–Trinajstić information content (AvgIpc) is 2.76. The molecule has 1 unspecified atom stereocenters. The number of aromatic nitrogens is 2. The highest BCUT2D eigenvalue weighted by molar-refractivity contribution is 5.76. The summed E-state index contributed by atoms with van der Waals surface area (Å²) < 4.78 is 7.24. The van der Waals surface area contributed by atoms with E-state index in [0.29, 0.717) is 19.6 Å². The number of nitrogens with zero attached hydrogens (tertiary/aromatic N) is 2. The molecule has 1 aliphatic heterocycles. The lowest BCUT2D eigenvalue weighted by molar-refractivity contribution is -0.124. The number of nitrogens with one attached hydrogen (secondary N) is 2. The second-order valence-electron chi connectivity index (χ2n) is 4.48. The molecule has 2 rings (SSSR count). The second-order valence-corrected chi connectivity index (χ2v) is 4.48. The number of carbonyl (C=O) groups excluding carboxylic acids is 1. The topological polar surface area (TPSA) is 68.2 Å². The average molecular weight is 252 g/mol. The summed E-state index contributed by atoms with van der Waals surface area (Å²) >= 11 is 0. The van der Waals surface area contributed by atoms with Crippen LogP contribution in [0.5, 0.6) is 0 Å². The van der Waals surface area contributed by atoms with Crippen molar-refractivity contribution in [1.82, 2.24) is 20.4 Å². The van der Waals surface area contributed by atoms with Crippen molar-refractivity contribution in [2.75, 3.05) is 26.2 Å². The Morgan fingerprint density at radius 2 is 2.61 bits per heavy atom. The lowest BCUT2D eigenvalue weighted by Crippen LogP contribution is -2.41. The number of morpholine rings is 1. The van der Waals surface area contributed by atoms with E-state index in [2.05, 4.69) is 15.7 Å². The third-order valence-corrected chi connectivity index (χ3v) is 2.89. The maximum atomic E-state index is 11.7. The van der Waals surface area contributed by atoms with Gasteiger partial charge in [-0.15, -0.1) is 0 Å². The molecular formula is C12H20N4O2. The van der Waals surface area contributed by atoms with Gasteiger partial charge in [0.1, 0.15) is 0 Å². The molecule has 2 heterocycles. The van der Waals surface area contributed by atoms with Crippen molar-refractivity contribution in [2.24, 2.45) is 7.05 Å². The predicted molar refractivity (Wildman–Crippen MR) is 67.1 cm³/mol. The van der Waals surface area contributed by atoms with Crippen LogP contribution < -0.4 is 10.6 Å². The zero-order valence-electron chi connectivity index (χ0n) is 10.7. The van der Waals surface area contributed by atoms with Crippen LogP contribution in [-0.2, 0) is 23.0 Å². The van der Waals surface area contributed by atoms with Crippen LogP contribution in [0, 0.1) is 0 Å². The van der Waals surface area contributed by atoms with Crippen LogP contribution >= 0.6 is 0 Å². The van der Waals surface area contributed by atoms with Crippen LogP contribution in [0.4, 0.5) is 0 Å². The van der Waals surface area contributed by atoms with Gasteiger partial charge in [0.15, 0.2) is 0 Å². The Balaban J connectivity index is 1.62. The number of hydrogen-bond donors (Lipinski definition) is 2. The number of rotatable bonds is 5. The van der Waals surface area contributed by atoms with Gasteiger partial charge >= 0.3 is 0 Å². The SMILES string of the molecule is Cn1ccc(CCNC(=O)CC2CNCCO2)n1. The third-order valence-electron chi connectivity index (χ3n) is 2.89. The molecule has 1 atom stereocenters. The zero-order chi connectivity index (χ0) is 12.8. The standard InChI is InChI=1S/C12H20N4O2/c1-16-6-3-10(15-16)2-4-14-12(17)8-11-9-13-5-7-18-11/h3,6,11,13H,2,4-5,7-9H2,1H3,(H,14,17). The zero-order valence-corrected chi connectivity index (χ0v) is 10.7. The first kappa shape index (κ1) is 13.0. The predicted octanol–water partition coefficient (Wildman–Crippen LogP) is -0.543. The Bertz CT molecular complexity index is 385. The Morgan fingerprint density at radius 1 is 1.72 bits per heavy atom. The molecule has 6 heteroatoms. The lowest BCUT2D eigenvalue weighted by atomic mass is 10.2. The quantitative estimate of drug-likeness (QED) is 0.738. The molecule has 18 heavy (non-hydrogen) atoms. The lowest BCUT2D eigenvalue weighted by Gasteiger charge is -2.22. The fourth-order valence-corrected chi connectivity index (χ4v) is 1.96. The molecule has 1 saturated heterocycles. The normalized spacial score (nSPS) is 19.7. The van der Waals surface area contributed by atoms with E-state index < -0.39 is 0 Å². The highest BCUT2D eigenvalue weighted by Gasteiger charge is 2.16. The van der Waals surface area contributed by atoms with Crippen LogP contribution in [0.3, 0.4) is 0 Å². The van der Waals surface area contributed by atoms with Gasteiger partial charge in [-0.25, -0.2) is 0 Å². The van der Waals surface area contributed by atoms with Gasteiger partial charge in [-0.3, -0.25) is 9.48 Å². The monoisotopic (exact) mass is 252 g/mol. The van der Waals surface area contributed by atoms with E-state index in [4.69, 9.17) is 4.74 Å². The van der Waals surface area contributed by atoms with Gasteiger partial charge in [0, 0.05) is 39.3 Å². The maximum Gasteiger partial charge on any atom is 0.222 e. The van der Waals surface area contributed by atoms with Crippen LogP contribution in [0.1, 0.15) is 12.1 Å². The summed E-state index contributed by atoms with van der Waals surface area (Å²) in [5.74, 6) is 0.0413. The summed E-state index contributed by atoms with van der Waals surface area (Å²) in [6, 6.07) is 1.96. The van der Waals surface area contributed by atoms with Crippen molar-refractivity contribution in [1.29, 1.82) is 0 Å². The van der Waals surface area contributed by atoms with E-state index in [0.717, 1.165) is 25.2 Å². The minimum Gasteiger partial charge on any atom is -0.375 e. The third kappa shape index (κ3) is 4.12. The van der Waals surface area contributed by atoms with Crippen molar-refractivity contribution in [3.8, 4) is 0 Å². The molecule has 0 radical (unpaired) electrons.